The summed E-state index contributed by atoms with van der Waals surface area (Å²) in [7, 11) is 2.24. The lowest BCUT2D eigenvalue weighted by Crippen LogP contribution is -2.62. The third kappa shape index (κ3) is 3.46. The van der Waals surface area contributed by atoms with E-state index in [1.807, 2.05) is 0 Å². The number of piperidine rings is 1. The number of hydrogen-bond donors (Lipinski definition) is 2. The molecule has 3 heteroatoms. The molecule has 2 N–H and O–H groups in total. The fourth-order valence-electron chi connectivity index (χ4n) is 4.09. The average molecular weight is 253 g/mol. The Morgan fingerprint density at radius 1 is 1.06 bits per heavy atom. The van der Waals surface area contributed by atoms with Crippen molar-refractivity contribution < 1.29 is 0 Å². The maximum absolute atomic E-state index is 3.91. The summed E-state index contributed by atoms with van der Waals surface area (Å²) < 4.78 is 0. The van der Waals surface area contributed by atoms with E-state index in [-0.39, 0.29) is 11.1 Å². The maximum atomic E-state index is 3.91. The molecule has 106 valence electrons. The molecule has 0 amide bonds. The van der Waals surface area contributed by atoms with E-state index in [0.717, 1.165) is 6.04 Å². The van der Waals surface area contributed by atoms with E-state index >= 15 is 0 Å². The van der Waals surface area contributed by atoms with Gasteiger partial charge < -0.3 is 15.5 Å². The first-order chi connectivity index (χ1) is 8.17. The zero-order valence-electron chi connectivity index (χ0n) is 13.0. The van der Waals surface area contributed by atoms with Gasteiger partial charge in [0.25, 0.3) is 0 Å². The quantitative estimate of drug-likeness (QED) is 0.788. The van der Waals surface area contributed by atoms with Crippen molar-refractivity contribution in [2.75, 3.05) is 13.6 Å². The smallest absolute Gasteiger partial charge is 0.0212 e. The number of hydrogen-bond acceptors (Lipinski definition) is 3. The van der Waals surface area contributed by atoms with Crippen LogP contribution < -0.4 is 10.6 Å². The molecule has 0 aliphatic carbocycles. The molecule has 2 aliphatic heterocycles. The van der Waals surface area contributed by atoms with Gasteiger partial charge in [-0.05, 0) is 60.9 Å². The minimum atomic E-state index is 0.246. The first kappa shape index (κ1) is 14.3. The second-order valence-corrected chi connectivity index (χ2v) is 7.89. The molecule has 2 atom stereocenters. The molecule has 2 saturated heterocycles. The highest BCUT2D eigenvalue weighted by Crippen LogP contribution is 2.29. The Bertz CT molecular complexity index is 272. The van der Waals surface area contributed by atoms with E-state index in [1.54, 1.807) is 0 Å². The molecule has 2 fully saturated rings. The molecule has 2 heterocycles. The van der Waals surface area contributed by atoms with Crippen molar-refractivity contribution in [3.63, 3.8) is 0 Å². The minimum absolute atomic E-state index is 0.246. The zero-order valence-corrected chi connectivity index (χ0v) is 13.0. The molecule has 0 aromatic heterocycles. The second-order valence-electron chi connectivity index (χ2n) is 7.89. The van der Waals surface area contributed by atoms with Gasteiger partial charge in [0.1, 0.15) is 0 Å². The van der Waals surface area contributed by atoms with E-state index in [4.69, 9.17) is 0 Å². The number of rotatable bonds is 2. The molecule has 2 rings (SSSR count). The molecule has 0 bridgehead atoms. The number of likely N-dealkylation sites (N-methyl/N-ethyl adjacent to an activating group) is 1. The first-order valence-electron chi connectivity index (χ1n) is 7.42. The lowest BCUT2D eigenvalue weighted by molar-refractivity contribution is 0.140. The highest BCUT2D eigenvalue weighted by atomic mass is 15.2. The SMILES string of the molecule is CC1CC(NC2CC(C)(C)NC(C)(C)C2)CN1C. The van der Waals surface area contributed by atoms with E-state index in [1.165, 1.54) is 25.8 Å². The van der Waals surface area contributed by atoms with Crippen molar-refractivity contribution in [2.24, 2.45) is 0 Å². The molecule has 0 aromatic carbocycles. The van der Waals surface area contributed by atoms with Gasteiger partial charge in [-0.1, -0.05) is 0 Å². The van der Waals surface area contributed by atoms with Crippen LogP contribution in [0.4, 0.5) is 0 Å². The summed E-state index contributed by atoms with van der Waals surface area (Å²) in [5.41, 5.74) is 0.491. The van der Waals surface area contributed by atoms with E-state index < -0.39 is 0 Å². The normalized spacial score (nSPS) is 37.0. The first-order valence-corrected chi connectivity index (χ1v) is 7.42. The van der Waals surface area contributed by atoms with Crippen molar-refractivity contribution in [2.45, 2.75) is 83.1 Å². The fourth-order valence-corrected chi connectivity index (χ4v) is 4.09. The Hall–Kier alpha value is -0.120. The second kappa shape index (κ2) is 4.77. The van der Waals surface area contributed by atoms with Crippen LogP contribution in [0.25, 0.3) is 0 Å². The van der Waals surface area contributed by atoms with Gasteiger partial charge in [-0.25, -0.2) is 0 Å². The van der Waals surface area contributed by atoms with Crippen LogP contribution in [0.5, 0.6) is 0 Å². The Kier molecular flexibility index (Phi) is 3.79. The van der Waals surface area contributed by atoms with E-state index in [0.29, 0.717) is 12.1 Å². The van der Waals surface area contributed by atoms with E-state index in [2.05, 4.69) is 57.2 Å². The van der Waals surface area contributed by atoms with Crippen molar-refractivity contribution in [1.82, 2.24) is 15.5 Å². The molecular formula is C15H31N3. The van der Waals surface area contributed by atoms with Crippen LogP contribution in [0.3, 0.4) is 0 Å². The summed E-state index contributed by atoms with van der Waals surface area (Å²) in [6, 6.07) is 2.06. The van der Waals surface area contributed by atoms with Gasteiger partial charge in [0.2, 0.25) is 0 Å². The number of nitrogens with one attached hydrogen (secondary N) is 2. The molecule has 0 radical (unpaired) electrons. The summed E-state index contributed by atoms with van der Waals surface area (Å²) in [6.45, 7) is 12.8. The third-order valence-corrected chi connectivity index (χ3v) is 4.55. The summed E-state index contributed by atoms with van der Waals surface area (Å²) in [6.07, 6.45) is 3.75. The zero-order chi connectivity index (χ0) is 13.6. The van der Waals surface area contributed by atoms with Gasteiger partial charge in [-0.2, -0.15) is 0 Å². The topological polar surface area (TPSA) is 27.3 Å². The Morgan fingerprint density at radius 2 is 1.61 bits per heavy atom. The third-order valence-electron chi connectivity index (χ3n) is 4.55. The minimum Gasteiger partial charge on any atom is -0.310 e. The van der Waals surface area contributed by atoms with Crippen LogP contribution in [0.1, 0.15) is 53.9 Å². The monoisotopic (exact) mass is 253 g/mol. The molecule has 3 nitrogen and oxygen atoms in total. The highest BCUT2D eigenvalue weighted by molar-refractivity contribution is 5.01. The maximum Gasteiger partial charge on any atom is 0.0212 e. The molecule has 0 aromatic rings. The molecule has 0 saturated carbocycles. The van der Waals surface area contributed by atoms with Crippen LogP contribution in [0.2, 0.25) is 0 Å². The van der Waals surface area contributed by atoms with Gasteiger partial charge in [0.15, 0.2) is 0 Å². The lowest BCUT2D eigenvalue weighted by atomic mass is 9.79. The molecule has 2 unspecified atom stereocenters. The van der Waals surface area contributed by atoms with Gasteiger partial charge in [0.05, 0.1) is 0 Å². The predicted octanol–water partition coefficient (Wildman–Crippen LogP) is 1.98. The van der Waals surface area contributed by atoms with Crippen LogP contribution in [-0.2, 0) is 0 Å². The van der Waals surface area contributed by atoms with E-state index in [9.17, 15) is 0 Å². The molecular weight excluding hydrogens is 222 g/mol. The van der Waals surface area contributed by atoms with Crippen molar-refractivity contribution in [1.29, 1.82) is 0 Å². The summed E-state index contributed by atoms with van der Waals surface area (Å²) >= 11 is 0. The lowest BCUT2D eigenvalue weighted by Gasteiger charge is -2.47. The Morgan fingerprint density at radius 3 is 2.06 bits per heavy atom. The van der Waals surface area contributed by atoms with Crippen molar-refractivity contribution >= 4 is 0 Å². The number of likely N-dealkylation sites (tertiary alicyclic amines) is 1. The summed E-state index contributed by atoms with van der Waals surface area (Å²) in [4.78, 5) is 2.47. The Labute approximate surface area is 113 Å². The number of nitrogens with zero attached hydrogens (tertiary/aromatic N) is 1. The van der Waals surface area contributed by atoms with Crippen molar-refractivity contribution in [3.05, 3.63) is 0 Å². The predicted molar refractivity (Wildman–Crippen MR) is 77.9 cm³/mol. The van der Waals surface area contributed by atoms with Crippen LogP contribution in [0, 0.1) is 0 Å². The molecule has 2 aliphatic rings. The van der Waals surface area contributed by atoms with Crippen LogP contribution >= 0.6 is 0 Å². The Balaban J connectivity index is 1.93. The molecule has 18 heavy (non-hydrogen) atoms. The van der Waals surface area contributed by atoms with Gasteiger partial charge in [0, 0.05) is 35.7 Å². The molecule has 0 spiro atoms. The highest BCUT2D eigenvalue weighted by Gasteiger charge is 2.39. The van der Waals surface area contributed by atoms with Crippen LogP contribution in [0.15, 0.2) is 0 Å². The van der Waals surface area contributed by atoms with Crippen molar-refractivity contribution in [3.8, 4) is 0 Å². The largest absolute Gasteiger partial charge is 0.310 e. The summed E-state index contributed by atoms with van der Waals surface area (Å²) in [5.74, 6) is 0. The van der Waals surface area contributed by atoms with Gasteiger partial charge >= 0.3 is 0 Å². The van der Waals surface area contributed by atoms with Gasteiger partial charge in [-0.3, -0.25) is 0 Å². The average Bonchev–Trinajstić information content (AvgIpc) is 2.39. The van der Waals surface area contributed by atoms with Crippen LogP contribution in [-0.4, -0.2) is 47.7 Å². The van der Waals surface area contributed by atoms with Gasteiger partial charge in [-0.15, -0.1) is 0 Å². The fraction of sp³-hybridized carbons (Fsp3) is 1.00. The standard InChI is InChI=1S/C15H31N3/c1-11-7-12(10-18(11)6)16-13-8-14(2,3)17-15(4,5)9-13/h11-13,16-17H,7-10H2,1-6H3. The summed E-state index contributed by atoms with van der Waals surface area (Å²) in [5, 5.41) is 7.66.